The van der Waals surface area contributed by atoms with E-state index in [1.807, 2.05) is 109 Å². The molecule has 5 aromatic rings. The third-order valence-corrected chi connectivity index (χ3v) is 6.58. The number of benzene rings is 4. The zero-order chi connectivity index (χ0) is 28.6. The van der Waals surface area contributed by atoms with E-state index in [4.69, 9.17) is 9.47 Å². The van der Waals surface area contributed by atoms with Crippen LogP contribution in [0.2, 0.25) is 0 Å². The molecule has 0 aliphatic rings. The van der Waals surface area contributed by atoms with Crippen molar-refractivity contribution in [3.63, 3.8) is 0 Å². The molecule has 0 N–H and O–H groups in total. The van der Waals surface area contributed by atoms with Gasteiger partial charge in [0.2, 0.25) is 5.95 Å². The molecule has 0 radical (unpaired) electrons. The SMILES string of the molecule is COc1ccc(CN(Cc2ccc(OC)cc2)c2nc(F)c(N=C(c3ccccc3)c3ccccc3)cc2F)cc1. The molecule has 0 aliphatic heterocycles. The van der Waals surface area contributed by atoms with E-state index in [9.17, 15) is 0 Å². The molecule has 7 heteroatoms. The number of aliphatic imine (C=N–C) groups is 1. The Labute approximate surface area is 238 Å². The molecule has 0 saturated carbocycles. The van der Waals surface area contributed by atoms with Crippen LogP contribution in [0.1, 0.15) is 22.3 Å². The van der Waals surface area contributed by atoms with Crippen LogP contribution in [-0.4, -0.2) is 24.9 Å². The van der Waals surface area contributed by atoms with Gasteiger partial charge in [0.05, 0.1) is 19.9 Å². The Morgan fingerprint density at radius 2 is 1.15 bits per heavy atom. The molecule has 0 aliphatic carbocycles. The van der Waals surface area contributed by atoms with Gasteiger partial charge in [-0.25, -0.2) is 9.38 Å². The molecule has 1 aromatic heterocycles. The average molecular weight is 550 g/mol. The molecular weight excluding hydrogens is 520 g/mol. The molecule has 0 amide bonds. The van der Waals surface area contributed by atoms with Crippen molar-refractivity contribution in [1.29, 1.82) is 0 Å². The van der Waals surface area contributed by atoms with Crippen LogP contribution >= 0.6 is 0 Å². The number of hydrogen-bond acceptors (Lipinski definition) is 5. The zero-order valence-corrected chi connectivity index (χ0v) is 22.8. The van der Waals surface area contributed by atoms with E-state index in [-0.39, 0.29) is 11.5 Å². The lowest BCUT2D eigenvalue weighted by molar-refractivity contribution is 0.414. The van der Waals surface area contributed by atoms with Gasteiger partial charge in [0.15, 0.2) is 11.6 Å². The number of halogens is 2. The first-order chi connectivity index (χ1) is 20.0. The van der Waals surface area contributed by atoms with Gasteiger partial charge in [0, 0.05) is 30.3 Å². The van der Waals surface area contributed by atoms with E-state index in [0.29, 0.717) is 30.3 Å². The standard InChI is InChI=1S/C34H29F2N3O2/c1-40-28-17-13-24(14-18-28)22-39(23-25-15-19-29(41-2)20-16-25)34-30(35)21-31(33(36)38-34)37-32(26-9-5-3-6-10-26)27-11-7-4-8-12-27/h3-21H,22-23H2,1-2H3. The summed E-state index contributed by atoms with van der Waals surface area (Å²) in [7, 11) is 3.19. The number of hydrogen-bond donors (Lipinski definition) is 0. The van der Waals surface area contributed by atoms with Crippen LogP contribution in [0.3, 0.4) is 0 Å². The number of anilines is 1. The summed E-state index contributed by atoms with van der Waals surface area (Å²) in [4.78, 5) is 10.4. The molecule has 0 fully saturated rings. The van der Waals surface area contributed by atoms with Crippen molar-refractivity contribution in [2.75, 3.05) is 19.1 Å². The average Bonchev–Trinajstić information content (AvgIpc) is 3.02. The largest absolute Gasteiger partial charge is 0.497 e. The Morgan fingerprint density at radius 1 is 0.683 bits per heavy atom. The van der Waals surface area contributed by atoms with E-state index in [1.54, 1.807) is 19.1 Å². The minimum Gasteiger partial charge on any atom is -0.497 e. The maximum atomic E-state index is 15.8. The van der Waals surface area contributed by atoms with Gasteiger partial charge >= 0.3 is 0 Å². The summed E-state index contributed by atoms with van der Waals surface area (Å²) in [5.41, 5.74) is 3.68. The minimum atomic E-state index is -0.861. The summed E-state index contributed by atoms with van der Waals surface area (Å²) in [6.07, 6.45) is 0. The third-order valence-electron chi connectivity index (χ3n) is 6.58. The first-order valence-electron chi connectivity index (χ1n) is 13.1. The van der Waals surface area contributed by atoms with Gasteiger partial charge in [-0.3, -0.25) is 0 Å². The van der Waals surface area contributed by atoms with Crippen molar-refractivity contribution in [3.8, 4) is 11.5 Å². The van der Waals surface area contributed by atoms with Crippen LogP contribution in [0.5, 0.6) is 11.5 Å². The van der Waals surface area contributed by atoms with Crippen LogP contribution in [0.15, 0.2) is 120 Å². The lowest BCUT2D eigenvalue weighted by Gasteiger charge is -2.25. The molecule has 0 saturated heterocycles. The maximum Gasteiger partial charge on any atom is 0.240 e. The molecule has 0 unspecified atom stereocenters. The van der Waals surface area contributed by atoms with E-state index in [0.717, 1.165) is 28.3 Å². The fourth-order valence-electron chi connectivity index (χ4n) is 4.46. The summed E-state index contributed by atoms with van der Waals surface area (Å²) >= 11 is 0. The first kappa shape index (κ1) is 27.5. The van der Waals surface area contributed by atoms with Gasteiger partial charge in [-0.2, -0.15) is 9.37 Å². The molecule has 5 rings (SSSR count). The van der Waals surface area contributed by atoms with E-state index < -0.39 is 11.8 Å². The van der Waals surface area contributed by atoms with E-state index >= 15 is 8.78 Å². The van der Waals surface area contributed by atoms with Crippen molar-refractivity contribution >= 4 is 17.2 Å². The molecular formula is C34H29F2N3O2. The predicted molar refractivity (Wildman–Crippen MR) is 158 cm³/mol. The van der Waals surface area contributed by atoms with E-state index in [2.05, 4.69) is 9.98 Å². The highest BCUT2D eigenvalue weighted by molar-refractivity contribution is 6.13. The summed E-state index contributed by atoms with van der Waals surface area (Å²) in [5, 5.41) is 0. The Balaban J connectivity index is 1.54. The second kappa shape index (κ2) is 12.9. The quantitative estimate of drug-likeness (QED) is 0.132. The second-order valence-corrected chi connectivity index (χ2v) is 9.35. The topological polar surface area (TPSA) is 47.0 Å². The predicted octanol–water partition coefficient (Wildman–Crippen LogP) is 7.75. The summed E-state index contributed by atoms with van der Waals surface area (Å²) < 4.78 is 41.9. The van der Waals surface area contributed by atoms with Gasteiger partial charge in [0.1, 0.15) is 17.2 Å². The highest BCUT2D eigenvalue weighted by atomic mass is 19.1. The fraction of sp³-hybridized carbons (Fsp3) is 0.118. The van der Waals surface area contributed by atoms with Crippen molar-refractivity contribution < 1.29 is 18.3 Å². The molecule has 4 aromatic carbocycles. The van der Waals surface area contributed by atoms with Crippen LogP contribution in [0.25, 0.3) is 0 Å². The van der Waals surface area contributed by atoms with Crippen LogP contribution in [0.4, 0.5) is 20.3 Å². The van der Waals surface area contributed by atoms with Crippen LogP contribution in [0, 0.1) is 11.8 Å². The minimum absolute atomic E-state index is 0.103. The van der Waals surface area contributed by atoms with Gasteiger partial charge in [-0.15, -0.1) is 0 Å². The van der Waals surface area contributed by atoms with Crippen molar-refractivity contribution in [2.24, 2.45) is 4.99 Å². The molecule has 206 valence electrons. The monoisotopic (exact) mass is 549 g/mol. The van der Waals surface area contributed by atoms with Crippen LogP contribution in [-0.2, 0) is 13.1 Å². The van der Waals surface area contributed by atoms with E-state index in [1.165, 1.54) is 0 Å². The fourth-order valence-corrected chi connectivity index (χ4v) is 4.46. The molecule has 0 spiro atoms. The van der Waals surface area contributed by atoms with Crippen molar-refractivity contribution in [3.05, 3.63) is 149 Å². The Morgan fingerprint density at radius 3 is 1.59 bits per heavy atom. The second-order valence-electron chi connectivity index (χ2n) is 9.35. The number of methoxy groups -OCH3 is 2. The van der Waals surface area contributed by atoms with Crippen LogP contribution < -0.4 is 14.4 Å². The van der Waals surface area contributed by atoms with Crippen molar-refractivity contribution in [1.82, 2.24) is 4.98 Å². The highest BCUT2D eigenvalue weighted by Gasteiger charge is 2.20. The lowest BCUT2D eigenvalue weighted by Crippen LogP contribution is -2.24. The summed E-state index contributed by atoms with van der Waals surface area (Å²) in [6, 6.07) is 34.8. The number of nitrogens with zero attached hydrogens (tertiary/aromatic N) is 3. The zero-order valence-electron chi connectivity index (χ0n) is 22.8. The number of ether oxygens (including phenoxy) is 2. The summed E-state index contributed by atoms with van der Waals surface area (Å²) in [6.45, 7) is 0.586. The normalized spacial score (nSPS) is 10.6. The highest BCUT2D eigenvalue weighted by Crippen LogP contribution is 2.29. The molecule has 0 atom stereocenters. The summed E-state index contributed by atoms with van der Waals surface area (Å²) in [5.74, 6) is -0.219. The van der Waals surface area contributed by atoms with Gasteiger partial charge in [0.25, 0.3) is 0 Å². The van der Waals surface area contributed by atoms with Gasteiger partial charge < -0.3 is 14.4 Å². The number of pyridine rings is 1. The molecule has 41 heavy (non-hydrogen) atoms. The Kier molecular flexibility index (Phi) is 8.64. The van der Waals surface area contributed by atoms with Gasteiger partial charge in [-0.1, -0.05) is 84.9 Å². The maximum absolute atomic E-state index is 15.8. The van der Waals surface area contributed by atoms with Gasteiger partial charge in [-0.05, 0) is 35.4 Å². The van der Waals surface area contributed by atoms with Crippen molar-refractivity contribution in [2.45, 2.75) is 13.1 Å². The number of rotatable bonds is 10. The number of aromatic nitrogens is 1. The lowest BCUT2D eigenvalue weighted by atomic mass is 10.0. The molecule has 5 nitrogen and oxygen atoms in total. The third kappa shape index (κ3) is 6.76. The first-order valence-corrected chi connectivity index (χ1v) is 13.1. The smallest absolute Gasteiger partial charge is 0.240 e. The Bertz CT molecular complexity index is 1520. The molecule has 0 bridgehead atoms. The Hall–Kier alpha value is -5.04. The molecule has 1 heterocycles.